The maximum absolute atomic E-state index is 13.0. The van der Waals surface area contributed by atoms with E-state index < -0.39 is 22.1 Å². The van der Waals surface area contributed by atoms with Crippen LogP contribution in [-0.4, -0.2) is 37.9 Å². The highest BCUT2D eigenvalue weighted by molar-refractivity contribution is 7.92. The van der Waals surface area contributed by atoms with Crippen molar-refractivity contribution in [3.8, 4) is 5.75 Å². The minimum Gasteiger partial charge on any atom is -0.478 e. The van der Waals surface area contributed by atoms with Crippen LogP contribution in [0.5, 0.6) is 5.75 Å². The molecule has 130 valence electrons. The van der Waals surface area contributed by atoms with E-state index in [1.165, 1.54) is 37.3 Å². The molecular weight excluding hydrogens is 346 g/mol. The van der Waals surface area contributed by atoms with Gasteiger partial charge < -0.3 is 9.84 Å². The van der Waals surface area contributed by atoms with Crippen LogP contribution in [0.2, 0.25) is 0 Å². The lowest BCUT2D eigenvalue weighted by Crippen LogP contribution is -2.47. The van der Waals surface area contributed by atoms with Crippen molar-refractivity contribution >= 4 is 27.5 Å². The number of carbonyl (C=O) groups excluding carboxylic acids is 1. The Bertz CT molecular complexity index is 936. The third-order valence-electron chi connectivity index (χ3n) is 3.86. The summed E-state index contributed by atoms with van der Waals surface area (Å²) < 4.78 is 32.4. The van der Waals surface area contributed by atoms with Crippen molar-refractivity contribution in [3.63, 3.8) is 0 Å². The molecule has 0 bridgehead atoms. The predicted octanol–water partition coefficient (Wildman–Crippen LogP) is 1.93. The number of aliphatic carboxylic acids is 1. The summed E-state index contributed by atoms with van der Waals surface area (Å²) in [5.41, 5.74) is 0.667. The highest BCUT2D eigenvalue weighted by Crippen LogP contribution is 2.36. The molecule has 2 aromatic carbocycles. The Morgan fingerprint density at radius 1 is 1.12 bits per heavy atom. The van der Waals surface area contributed by atoms with Gasteiger partial charge in [-0.1, -0.05) is 24.3 Å². The number of nitrogens with zero attached hydrogens (tertiary/aromatic N) is 1. The molecule has 7 nitrogen and oxygen atoms in total. The monoisotopic (exact) mass is 361 g/mol. The first-order valence-electron chi connectivity index (χ1n) is 7.43. The van der Waals surface area contributed by atoms with Crippen LogP contribution in [0.4, 0.5) is 5.69 Å². The molecule has 1 N–H and O–H groups in total. The van der Waals surface area contributed by atoms with Crippen LogP contribution in [0.1, 0.15) is 17.3 Å². The second-order valence-electron chi connectivity index (χ2n) is 5.53. The summed E-state index contributed by atoms with van der Waals surface area (Å²) in [6.45, 7) is 1.04. The molecule has 1 aliphatic rings. The second kappa shape index (κ2) is 6.21. The van der Waals surface area contributed by atoms with E-state index in [9.17, 15) is 23.1 Å². The number of hydrogen-bond donors (Lipinski definition) is 1. The fourth-order valence-corrected chi connectivity index (χ4v) is 4.02. The number of carboxylic acids is 1. The maximum Gasteiger partial charge on any atom is 0.346 e. The van der Waals surface area contributed by atoms with E-state index in [0.717, 1.165) is 4.31 Å². The van der Waals surface area contributed by atoms with Crippen LogP contribution in [0, 0.1) is 0 Å². The summed E-state index contributed by atoms with van der Waals surface area (Å²) in [5.74, 6) is -1.24. The van der Waals surface area contributed by atoms with Gasteiger partial charge in [-0.05, 0) is 31.2 Å². The largest absolute Gasteiger partial charge is 0.478 e. The molecule has 2 aromatic rings. The van der Waals surface area contributed by atoms with Gasteiger partial charge in [-0.2, -0.15) is 0 Å². The molecule has 1 atom stereocenters. The fourth-order valence-electron chi connectivity index (χ4n) is 2.55. The maximum atomic E-state index is 13.0. The van der Waals surface area contributed by atoms with E-state index in [-0.39, 0.29) is 28.7 Å². The smallest absolute Gasteiger partial charge is 0.346 e. The summed E-state index contributed by atoms with van der Waals surface area (Å²) in [6, 6.07) is 11.9. The van der Waals surface area contributed by atoms with E-state index in [2.05, 4.69) is 0 Å². The van der Waals surface area contributed by atoms with Gasteiger partial charge in [0.15, 0.2) is 5.78 Å². The predicted molar refractivity (Wildman–Crippen MR) is 89.5 cm³/mol. The molecule has 0 amide bonds. The molecule has 3 rings (SSSR count). The lowest BCUT2D eigenvalue weighted by molar-refractivity contribution is -0.144. The first-order chi connectivity index (χ1) is 11.8. The van der Waals surface area contributed by atoms with Crippen LogP contribution in [0.15, 0.2) is 53.4 Å². The Morgan fingerprint density at radius 2 is 1.76 bits per heavy atom. The Hall–Kier alpha value is -2.87. The number of anilines is 1. The number of benzene rings is 2. The molecular formula is C17H15NO6S. The molecule has 0 fully saturated rings. The van der Waals surface area contributed by atoms with E-state index in [1.807, 2.05) is 0 Å². The summed E-state index contributed by atoms with van der Waals surface area (Å²) in [5, 5.41) is 9.23. The fraction of sp³-hybridized carbons (Fsp3) is 0.176. The van der Waals surface area contributed by atoms with E-state index >= 15 is 0 Å². The SMILES string of the molecule is CC(=O)c1ccc(S(=O)(=O)N2C[C@@H](C(=O)O)Oc3ccccc32)cc1. The van der Waals surface area contributed by atoms with Gasteiger partial charge in [-0.15, -0.1) is 0 Å². The first-order valence-corrected chi connectivity index (χ1v) is 8.87. The topological polar surface area (TPSA) is 101 Å². The van der Waals surface area contributed by atoms with Crippen molar-refractivity contribution in [3.05, 3.63) is 54.1 Å². The van der Waals surface area contributed by atoms with Crippen LogP contribution in [-0.2, 0) is 14.8 Å². The first kappa shape index (κ1) is 17.0. The molecule has 1 aliphatic heterocycles. The van der Waals surface area contributed by atoms with Gasteiger partial charge >= 0.3 is 5.97 Å². The van der Waals surface area contributed by atoms with Gasteiger partial charge in [-0.25, -0.2) is 13.2 Å². The Labute approximate surface area is 144 Å². The molecule has 0 saturated heterocycles. The lowest BCUT2D eigenvalue weighted by atomic mass is 10.2. The van der Waals surface area contributed by atoms with Crippen molar-refractivity contribution in [1.82, 2.24) is 0 Å². The number of sulfonamides is 1. The summed E-state index contributed by atoms with van der Waals surface area (Å²) in [4.78, 5) is 22.6. The van der Waals surface area contributed by atoms with Crippen molar-refractivity contribution in [2.75, 3.05) is 10.8 Å². The normalized spacial score (nSPS) is 16.7. The average molecular weight is 361 g/mol. The molecule has 8 heteroatoms. The Balaban J connectivity index is 2.06. The molecule has 25 heavy (non-hydrogen) atoms. The van der Waals surface area contributed by atoms with Crippen LogP contribution >= 0.6 is 0 Å². The third-order valence-corrected chi connectivity index (χ3v) is 5.65. The minimum atomic E-state index is -4.01. The Morgan fingerprint density at radius 3 is 2.36 bits per heavy atom. The zero-order chi connectivity index (χ0) is 18.2. The molecule has 1 heterocycles. The van der Waals surface area contributed by atoms with E-state index in [4.69, 9.17) is 4.74 Å². The second-order valence-corrected chi connectivity index (χ2v) is 7.39. The number of ketones is 1. The van der Waals surface area contributed by atoms with Crippen LogP contribution in [0.3, 0.4) is 0 Å². The van der Waals surface area contributed by atoms with Gasteiger partial charge in [0, 0.05) is 5.56 Å². The number of Topliss-reactive ketones (excluding diaryl/α,β-unsaturated/α-hetero) is 1. The van der Waals surface area contributed by atoms with Crippen molar-refractivity contribution in [2.24, 2.45) is 0 Å². The Kier molecular flexibility index (Phi) is 4.22. The lowest BCUT2D eigenvalue weighted by Gasteiger charge is -2.33. The zero-order valence-corrected chi connectivity index (χ0v) is 14.1. The summed E-state index contributed by atoms with van der Waals surface area (Å²) in [6.07, 6.45) is -1.30. The van der Waals surface area contributed by atoms with Crippen LogP contribution < -0.4 is 9.04 Å². The quantitative estimate of drug-likeness (QED) is 0.835. The van der Waals surface area contributed by atoms with Crippen molar-refractivity contribution < 1.29 is 27.9 Å². The van der Waals surface area contributed by atoms with Gasteiger partial charge in [0.05, 0.1) is 17.1 Å². The number of rotatable bonds is 4. The standard InChI is InChI=1S/C17H15NO6S/c1-11(19)12-6-8-13(9-7-12)25(22,23)18-10-16(17(20)21)24-15-5-3-2-4-14(15)18/h2-9,16H,10H2,1H3,(H,20,21)/t16-/m0/s1. The number of carbonyl (C=O) groups is 2. The molecule has 0 unspecified atom stereocenters. The summed E-state index contributed by atoms with van der Waals surface area (Å²) >= 11 is 0. The zero-order valence-electron chi connectivity index (χ0n) is 13.2. The minimum absolute atomic E-state index is 0.0293. The molecule has 0 aromatic heterocycles. The number of para-hydroxylation sites is 2. The third kappa shape index (κ3) is 3.08. The molecule has 0 spiro atoms. The highest BCUT2D eigenvalue weighted by Gasteiger charge is 2.37. The van der Waals surface area contributed by atoms with Crippen molar-refractivity contribution in [1.29, 1.82) is 0 Å². The van der Waals surface area contributed by atoms with E-state index in [0.29, 0.717) is 5.56 Å². The molecule has 0 radical (unpaired) electrons. The van der Waals surface area contributed by atoms with Crippen molar-refractivity contribution in [2.45, 2.75) is 17.9 Å². The van der Waals surface area contributed by atoms with Gasteiger partial charge in [-0.3, -0.25) is 9.10 Å². The number of ether oxygens (including phenoxy) is 1. The molecule has 0 aliphatic carbocycles. The number of fused-ring (bicyclic) bond motifs is 1. The van der Waals surface area contributed by atoms with E-state index in [1.54, 1.807) is 18.2 Å². The van der Waals surface area contributed by atoms with Gasteiger partial charge in [0.25, 0.3) is 10.0 Å². The highest BCUT2D eigenvalue weighted by atomic mass is 32.2. The average Bonchev–Trinajstić information content (AvgIpc) is 2.60. The molecule has 0 saturated carbocycles. The number of hydrogen-bond acceptors (Lipinski definition) is 5. The van der Waals surface area contributed by atoms with Gasteiger partial charge in [0.1, 0.15) is 5.75 Å². The van der Waals surface area contributed by atoms with Gasteiger partial charge in [0.2, 0.25) is 6.10 Å². The van der Waals surface area contributed by atoms with Crippen LogP contribution in [0.25, 0.3) is 0 Å². The number of carboxylic acid groups (broad SMARTS) is 1. The summed E-state index contributed by atoms with van der Waals surface area (Å²) in [7, 11) is -4.01.